The number of benzene rings is 1. The van der Waals surface area contributed by atoms with E-state index in [0.717, 1.165) is 5.56 Å². The normalized spacial score (nSPS) is 26.2. The summed E-state index contributed by atoms with van der Waals surface area (Å²) in [6.07, 6.45) is 7.28. The molecule has 0 unspecified atom stereocenters. The van der Waals surface area contributed by atoms with Gasteiger partial charge < -0.3 is 9.84 Å². The summed E-state index contributed by atoms with van der Waals surface area (Å²) in [4.78, 5) is 11.3. The van der Waals surface area contributed by atoms with E-state index in [2.05, 4.69) is 0 Å². The van der Waals surface area contributed by atoms with E-state index in [-0.39, 0.29) is 12.5 Å². The van der Waals surface area contributed by atoms with Crippen molar-refractivity contribution >= 4 is 5.97 Å². The Morgan fingerprint density at radius 2 is 1.89 bits per heavy atom. The maximum Gasteiger partial charge on any atom is 0.319 e. The lowest BCUT2D eigenvalue weighted by molar-refractivity contribution is -0.145. The van der Waals surface area contributed by atoms with Gasteiger partial charge in [-0.3, -0.25) is 4.79 Å². The Kier molecular flexibility index (Phi) is 3.63. The summed E-state index contributed by atoms with van der Waals surface area (Å²) in [5.74, 6) is -0.751. The van der Waals surface area contributed by atoms with Gasteiger partial charge in [-0.15, -0.1) is 0 Å². The average molecular weight is 244 g/mol. The maximum atomic E-state index is 11.3. The molecule has 0 amide bonds. The van der Waals surface area contributed by atoms with E-state index in [4.69, 9.17) is 4.74 Å². The lowest BCUT2D eigenvalue weighted by Gasteiger charge is -2.26. The highest BCUT2D eigenvalue weighted by molar-refractivity contribution is 5.80. The van der Waals surface area contributed by atoms with Crippen LogP contribution in [0.3, 0.4) is 0 Å². The van der Waals surface area contributed by atoms with Gasteiger partial charge in [0.1, 0.15) is 5.41 Å². The lowest BCUT2D eigenvalue weighted by atomic mass is 9.80. The molecule has 0 bridgehead atoms. The van der Waals surface area contributed by atoms with Crippen LogP contribution in [0.2, 0.25) is 0 Å². The molecule has 2 rings (SSSR count). The van der Waals surface area contributed by atoms with E-state index in [0.29, 0.717) is 0 Å². The number of ether oxygens (including phenoxy) is 1. The summed E-state index contributed by atoms with van der Waals surface area (Å²) in [5.41, 5.74) is 0.126. The molecule has 0 radical (unpaired) electrons. The number of rotatable bonds is 4. The molecular formula is C15H16O3. The lowest BCUT2D eigenvalue weighted by Crippen LogP contribution is -2.33. The van der Waals surface area contributed by atoms with Crippen LogP contribution in [0.15, 0.2) is 54.6 Å². The highest BCUT2D eigenvalue weighted by Crippen LogP contribution is 2.32. The molecule has 1 aliphatic rings. The first kappa shape index (κ1) is 12.6. The molecule has 0 heterocycles. The summed E-state index contributed by atoms with van der Waals surface area (Å²) >= 11 is 0. The first-order valence-electron chi connectivity index (χ1n) is 5.84. The van der Waals surface area contributed by atoms with Crippen LogP contribution in [0.25, 0.3) is 0 Å². The maximum absolute atomic E-state index is 11.3. The van der Waals surface area contributed by atoms with E-state index in [1.165, 1.54) is 7.11 Å². The Bertz CT molecular complexity index is 460. The van der Waals surface area contributed by atoms with Crippen molar-refractivity contribution in [1.29, 1.82) is 0 Å². The molecule has 1 aromatic rings. The minimum atomic E-state index is -1.03. The molecule has 0 saturated heterocycles. The van der Waals surface area contributed by atoms with Crippen LogP contribution < -0.4 is 0 Å². The van der Waals surface area contributed by atoms with Crippen molar-refractivity contribution in [3.05, 3.63) is 60.2 Å². The van der Waals surface area contributed by atoms with Crippen molar-refractivity contribution in [2.45, 2.75) is 5.92 Å². The van der Waals surface area contributed by atoms with Crippen LogP contribution in [0.5, 0.6) is 0 Å². The third-order valence-corrected chi connectivity index (χ3v) is 3.17. The predicted octanol–water partition coefficient (Wildman–Crippen LogP) is 2.61. The molecule has 1 aromatic carbocycles. The standard InChI is InChI=1S/C15H16O3/c1-18-11-15(14(16)17)9-7-13(8-10-15)12-5-3-2-4-6-12/h2-10,13H,11H2,1H3,(H,16,17). The Morgan fingerprint density at radius 3 is 2.39 bits per heavy atom. The van der Waals surface area contributed by atoms with Gasteiger partial charge in [-0.05, 0) is 5.56 Å². The minimum absolute atomic E-state index is 0.135. The van der Waals surface area contributed by atoms with Crippen molar-refractivity contribution < 1.29 is 14.6 Å². The van der Waals surface area contributed by atoms with Crippen molar-refractivity contribution in [2.24, 2.45) is 5.41 Å². The number of methoxy groups -OCH3 is 1. The molecular weight excluding hydrogens is 228 g/mol. The van der Waals surface area contributed by atoms with Gasteiger partial charge in [0.05, 0.1) is 6.61 Å². The Balaban J connectivity index is 2.22. The topological polar surface area (TPSA) is 46.5 Å². The van der Waals surface area contributed by atoms with Crippen LogP contribution in [-0.4, -0.2) is 24.8 Å². The van der Waals surface area contributed by atoms with E-state index in [1.807, 2.05) is 42.5 Å². The first-order chi connectivity index (χ1) is 8.68. The molecule has 0 fully saturated rings. The van der Waals surface area contributed by atoms with E-state index < -0.39 is 11.4 Å². The number of carbonyl (C=O) groups is 1. The van der Waals surface area contributed by atoms with Crippen LogP contribution in [0.1, 0.15) is 11.5 Å². The van der Waals surface area contributed by atoms with Gasteiger partial charge in [0.25, 0.3) is 0 Å². The monoisotopic (exact) mass is 244 g/mol. The number of carboxylic acids is 1. The van der Waals surface area contributed by atoms with Gasteiger partial charge in [-0.25, -0.2) is 0 Å². The highest BCUT2D eigenvalue weighted by Gasteiger charge is 2.35. The fraction of sp³-hybridized carbons (Fsp3) is 0.267. The third-order valence-electron chi connectivity index (χ3n) is 3.17. The van der Waals surface area contributed by atoms with Crippen LogP contribution in [-0.2, 0) is 9.53 Å². The van der Waals surface area contributed by atoms with Crippen LogP contribution >= 0.6 is 0 Å². The van der Waals surface area contributed by atoms with E-state index in [1.54, 1.807) is 12.2 Å². The quantitative estimate of drug-likeness (QED) is 0.828. The molecule has 0 saturated carbocycles. The molecule has 94 valence electrons. The zero-order valence-corrected chi connectivity index (χ0v) is 10.2. The predicted molar refractivity (Wildman–Crippen MR) is 69.4 cm³/mol. The van der Waals surface area contributed by atoms with Crippen LogP contribution in [0.4, 0.5) is 0 Å². The Morgan fingerprint density at radius 1 is 1.28 bits per heavy atom. The third kappa shape index (κ3) is 2.36. The van der Waals surface area contributed by atoms with Crippen molar-refractivity contribution in [1.82, 2.24) is 0 Å². The van der Waals surface area contributed by atoms with Gasteiger partial charge in [-0.2, -0.15) is 0 Å². The van der Waals surface area contributed by atoms with Crippen LogP contribution in [0, 0.1) is 5.41 Å². The van der Waals surface area contributed by atoms with E-state index in [9.17, 15) is 9.90 Å². The summed E-state index contributed by atoms with van der Waals surface area (Å²) in [5, 5.41) is 9.29. The number of hydrogen-bond donors (Lipinski definition) is 1. The number of allylic oxidation sites excluding steroid dienone is 2. The molecule has 3 heteroatoms. The smallest absolute Gasteiger partial charge is 0.319 e. The van der Waals surface area contributed by atoms with Gasteiger partial charge in [-0.1, -0.05) is 54.6 Å². The van der Waals surface area contributed by atoms with Gasteiger partial charge in [0.2, 0.25) is 0 Å². The molecule has 0 atom stereocenters. The molecule has 1 N–H and O–H groups in total. The number of carboxylic acid groups (broad SMARTS) is 1. The molecule has 0 aliphatic heterocycles. The second kappa shape index (κ2) is 5.19. The minimum Gasteiger partial charge on any atom is -0.480 e. The Labute approximate surface area is 106 Å². The number of hydrogen-bond acceptors (Lipinski definition) is 2. The molecule has 3 nitrogen and oxygen atoms in total. The average Bonchev–Trinajstić information content (AvgIpc) is 2.41. The zero-order chi connectivity index (χ0) is 13.0. The Hall–Kier alpha value is -1.87. The van der Waals surface area contributed by atoms with Gasteiger partial charge >= 0.3 is 5.97 Å². The molecule has 18 heavy (non-hydrogen) atoms. The summed E-state index contributed by atoms with van der Waals surface area (Å²) < 4.78 is 5.00. The first-order valence-corrected chi connectivity index (χ1v) is 5.84. The fourth-order valence-corrected chi connectivity index (χ4v) is 2.11. The van der Waals surface area contributed by atoms with Gasteiger partial charge in [0, 0.05) is 13.0 Å². The second-order valence-electron chi connectivity index (χ2n) is 4.43. The van der Waals surface area contributed by atoms with Crippen molar-refractivity contribution in [3.63, 3.8) is 0 Å². The molecule has 0 spiro atoms. The SMILES string of the molecule is COCC1(C(=O)O)C=CC(c2ccccc2)C=C1. The molecule has 1 aliphatic carbocycles. The second-order valence-corrected chi connectivity index (χ2v) is 4.43. The van der Waals surface area contributed by atoms with Crippen molar-refractivity contribution in [3.8, 4) is 0 Å². The fourth-order valence-electron chi connectivity index (χ4n) is 2.11. The highest BCUT2D eigenvalue weighted by atomic mass is 16.5. The summed E-state index contributed by atoms with van der Waals surface area (Å²) in [6.45, 7) is 0.150. The summed E-state index contributed by atoms with van der Waals surface area (Å²) in [7, 11) is 1.51. The van der Waals surface area contributed by atoms with Crippen molar-refractivity contribution in [2.75, 3.05) is 13.7 Å². The summed E-state index contributed by atoms with van der Waals surface area (Å²) in [6, 6.07) is 9.98. The van der Waals surface area contributed by atoms with Gasteiger partial charge in [0.15, 0.2) is 0 Å². The van der Waals surface area contributed by atoms with E-state index >= 15 is 0 Å². The number of aliphatic carboxylic acids is 1. The molecule has 0 aromatic heterocycles. The zero-order valence-electron chi connectivity index (χ0n) is 10.2. The largest absolute Gasteiger partial charge is 0.480 e.